The topological polar surface area (TPSA) is 27.3 Å². The highest BCUT2D eigenvalue weighted by atomic mass is 15.3. The third-order valence-electron chi connectivity index (χ3n) is 3.90. The standard InChI is InChI=1S/C10H19N3/c1-2-8-6-13(9-4-11-5-9)7-10(8)12-3-1/h8-12H,1-7H2/t8-,10+/m0/s1. The van der Waals surface area contributed by atoms with Gasteiger partial charge in [-0.15, -0.1) is 0 Å². The van der Waals surface area contributed by atoms with E-state index in [1.165, 1.54) is 45.6 Å². The fourth-order valence-electron chi connectivity index (χ4n) is 2.91. The van der Waals surface area contributed by atoms with E-state index in [4.69, 9.17) is 0 Å². The lowest BCUT2D eigenvalue weighted by molar-refractivity contribution is 0.172. The summed E-state index contributed by atoms with van der Waals surface area (Å²) in [5.74, 6) is 0.953. The molecule has 0 spiro atoms. The summed E-state index contributed by atoms with van der Waals surface area (Å²) < 4.78 is 0. The van der Waals surface area contributed by atoms with Crippen LogP contribution in [0.1, 0.15) is 12.8 Å². The molecular formula is C10H19N3. The summed E-state index contributed by atoms with van der Waals surface area (Å²) in [6, 6.07) is 1.67. The van der Waals surface area contributed by atoms with Crippen LogP contribution in [0.3, 0.4) is 0 Å². The number of likely N-dealkylation sites (tertiary alicyclic amines) is 1. The van der Waals surface area contributed by atoms with Gasteiger partial charge in [-0.2, -0.15) is 0 Å². The smallest absolute Gasteiger partial charge is 0.0346 e. The van der Waals surface area contributed by atoms with E-state index in [2.05, 4.69) is 15.5 Å². The van der Waals surface area contributed by atoms with Crippen LogP contribution in [0.25, 0.3) is 0 Å². The summed E-state index contributed by atoms with van der Waals surface area (Å²) in [5.41, 5.74) is 0. The van der Waals surface area contributed by atoms with Crippen molar-refractivity contribution in [2.24, 2.45) is 5.92 Å². The highest BCUT2D eigenvalue weighted by Gasteiger charge is 2.38. The first-order chi connectivity index (χ1) is 6.43. The molecule has 3 rings (SSSR count). The molecule has 0 radical (unpaired) electrons. The Kier molecular flexibility index (Phi) is 2.04. The number of nitrogens with one attached hydrogen (secondary N) is 2. The molecule has 13 heavy (non-hydrogen) atoms. The van der Waals surface area contributed by atoms with E-state index in [0.717, 1.165) is 18.0 Å². The van der Waals surface area contributed by atoms with Crippen molar-refractivity contribution >= 4 is 0 Å². The molecule has 2 N–H and O–H groups in total. The molecule has 0 saturated carbocycles. The van der Waals surface area contributed by atoms with Crippen LogP contribution in [0.2, 0.25) is 0 Å². The molecule has 0 bridgehead atoms. The summed E-state index contributed by atoms with van der Waals surface area (Å²) in [6.45, 7) is 6.35. The molecule has 0 aromatic rings. The lowest BCUT2D eigenvalue weighted by Crippen LogP contribution is -2.56. The van der Waals surface area contributed by atoms with Gasteiger partial charge in [0.1, 0.15) is 0 Å². The predicted molar refractivity (Wildman–Crippen MR) is 52.7 cm³/mol. The summed E-state index contributed by atoms with van der Waals surface area (Å²) in [5, 5.41) is 7.01. The van der Waals surface area contributed by atoms with E-state index >= 15 is 0 Å². The third kappa shape index (κ3) is 1.39. The Morgan fingerprint density at radius 2 is 2.08 bits per heavy atom. The predicted octanol–water partition coefficient (Wildman–Crippen LogP) is -0.358. The minimum absolute atomic E-state index is 0.814. The zero-order valence-electron chi connectivity index (χ0n) is 8.13. The Morgan fingerprint density at radius 1 is 1.15 bits per heavy atom. The van der Waals surface area contributed by atoms with E-state index < -0.39 is 0 Å². The maximum Gasteiger partial charge on any atom is 0.0346 e. The minimum Gasteiger partial charge on any atom is -0.314 e. The van der Waals surface area contributed by atoms with Gasteiger partial charge in [0.2, 0.25) is 0 Å². The largest absolute Gasteiger partial charge is 0.314 e. The fraction of sp³-hybridized carbons (Fsp3) is 1.00. The molecular weight excluding hydrogens is 162 g/mol. The number of fused-ring (bicyclic) bond motifs is 1. The van der Waals surface area contributed by atoms with Gasteiger partial charge >= 0.3 is 0 Å². The van der Waals surface area contributed by atoms with Crippen molar-refractivity contribution in [3.63, 3.8) is 0 Å². The van der Waals surface area contributed by atoms with Crippen molar-refractivity contribution in [3.8, 4) is 0 Å². The molecule has 0 unspecified atom stereocenters. The van der Waals surface area contributed by atoms with Gasteiger partial charge in [0, 0.05) is 38.3 Å². The van der Waals surface area contributed by atoms with Crippen molar-refractivity contribution in [2.75, 3.05) is 32.7 Å². The molecule has 3 aliphatic heterocycles. The normalized spacial score (nSPS) is 41.5. The van der Waals surface area contributed by atoms with E-state index in [-0.39, 0.29) is 0 Å². The second-order valence-electron chi connectivity index (χ2n) is 4.73. The zero-order chi connectivity index (χ0) is 8.67. The average Bonchev–Trinajstić information content (AvgIpc) is 2.43. The quantitative estimate of drug-likeness (QED) is 0.578. The van der Waals surface area contributed by atoms with E-state index in [9.17, 15) is 0 Å². The van der Waals surface area contributed by atoms with Crippen molar-refractivity contribution in [3.05, 3.63) is 0 Å². The van der Waals surface area contributed by atoms with Crippen LogP contribution in [0.5, 0.6) is 0 Å². The molecule has 0 aliphatic carbocycles. The summed E-state index contributed by atoms with van der Waals surface area (Å²) in [7, 11) is 0. The Balaban J connectivity index is 1.62. The lowest BCUT2D eigenvalue weighted by atomic mass is 9.94. The molecule has 0 aromatic carbocycles. The monoisotopic (exact) mass is 181 g/mol. The van der Waals surface area contributed by atoms with Crippen LogP contribution in [0, 0.1) is 5.92 Å². The van der Waals surface area contributed by atoms with Gasteiger partial charge in [0.05, 0.1) is 0 Å². The van der Waals surface area contributed by atoms with Crippen LogP contribution in [0.15, 0.2) is 0 Å². The van der Waals surface area contributed by atoms with E-state index in [1.54, 1.807) is 0 Å². The molecule has 0 amide bonds. The first kappa shape index (κ1) is 8.21. The average molecular weight is 181 g/mol. The minimum atomic E-state index is 0.814. The summed E-state index contributed by atoms with van der Waals surface area (Å²) in [6.07, 6.45) is 2.84. The highest BCUT2D eigenvalue weighted by Crippen LogP contribution is 2.26. The maximum atomic E-state index is 3.65. The molecule has 3 saturated heterocycles. The maximum absolute atomic E-state index is 3.65. The van der Waals surface area contributed by atoms with E-state index in [1.807, 2.05) is 0 Å². The number of rotatable bonds is 1. The Bertz CT molecular complexity index is 177. The molecule has 74 valence electrons. The summed E-state index contributed by atoms with van der Waals surface area (Å²) in [4.78, 5) is 2.68. The Hall–Kier alpha value is -0.120. The second kappa shape index (κ2) is 3.23. The third-order valence-corrected chi connectivity index (χ3v) is 3.90. The zero-order valence-corrected chi connectivity index (χ0v) is 8.13. The fourth-order valence-corrected chi connectivity index (χ4v) is 2.91. The lowest BCUT2D eigenvalue weighted by Gasteiger charge is -2.35. The summed E-state index contributed by atoms with van der Waals surface area (Å²) >= 11 is 0. The molecule has 2 atom stereocenters. The van der Waals surface area contributed by atoms with Crippen molar-refractivity contribution < 1.29 is 0 Å². The molecule has 3 fully saturated rings. The van der Waals surface area contributed by atoms with Gasteiger partial charge in [-0.05, 0) is 25.3 Å². The van der Waals surface area contributed by atoms with Gasteiger partial charge < -0.3 is 10.6 Å². The van der Waals surface area contributed by atoms with Crippen LogP contribution in [-0.2, 0) is 0 Å². The van der Waals surface area contributed by atoms with Crippen LogP contribution >= 0.6 is 0 Å². The van der Waals surface area contributed by atoms with Crippen molar-refractivity contribution in [2.45, 2.75) is 24.9 Å². The molecule has 3 heteroatoms. The van der Waals surface area contributed by atoms with Crippen LogP contribution in [-0.4, -0.2) is 49.7 Å². The number of hydrogen-bond acceptors (Lipinski definition) is 3. The molecule has 0 aromatic heterocycles. The Morgan fingerprint density at radius 3 is 2.77 bits per heavy atom. The van der Waals surface area contributed by atoms with Gasteiger partial charge in [-0.1, -0.05) is 0 Å². The van der Waals surface area contributed by atoms with Gasteiger partial charge in [-0.3, -0.25) is 4.90 Å². The SMILES string of the molecule is C1CN[C@@H]2CN(C3CNC3)C[C@@H]2C1. The molecule has 3 heterocycles. The highest BCUT2D eigenvalue weighted by molar-refractivity contribution is 4.97. The van der Waals surface area contributed by atoms with Crippen LogP contribution < -0.4 is 10.6 Å². The van der Waals surface area contributed by atoms with Gasteiger partial charge in [-0.25, -0.2) is 0 Å². The number of piperidine rings is 1. The van der Waals surface area contributed by atoms with E-state index in [0.29, 0.717) is 0 Å². The number of hydrogen-bond donors (Lipinski definition) is 2. The number of nitrogens with zero attached hydrogens (tertiary/aromatic N) is 1. The van der Waals surface area contributed by atoms with Gasteiger partial charge in [0.15, 0.2) is 0 Å². The van der Waals surface area contributed by atoms with Crippen molar-refractivity contribution in [1.82, 2.24) is 15.5 Å². The molecule has 3 nitrogen and oxygen atoms in total. The van der Waals surface area contributed by atoms with Gasteiger partial charge in [0.25, 0.3) is 0 Å². The molecule has 3 aliphatic rings. The van der Waals surface area contributed by atoms with Crippen molar-refractivity contribution in [1.29, 1.82) is 0 Å². The van der Waals surface area contributed by atoms with Crippen LogP contribution in [0.4, 0.5) is 0 Å². The first-order valence-corrected chi connectivity index (χ1v) is 5.61. The first-order valence-electron chi connectivity index (χ1n) is 5.61. The Labute approximate surface area is 79.9 Å². The second-order valence-corrected chi connectivity index (χ2v) is 4.73.